The van der Waals surface area contributed by atoms with Gasteiger partial charge in [0.1, 0.15) is 6.54 Å². The van der Waals surface area contributed by atoms with Crippen molar-refractivity contribution in [1.82, 2.24) is 0 Å². The molecule has 0 fully saturated rings. The molecule has 0 atom stereocenters. The van der Waals surface area contributed by atoms with Gasteiger partial charge in [-0.1, -0.05) is 53.7 Å². The predicted octanol–water partition coefficient (Wildman–Crippen LogP) is 3.00. The predicted molar refractivity (Wildman–Crippen MR) is 104 cm³/mol. The highest BCUT2D eigenvalue weighted by Gasteiger charge is 2.23. The van der Waals surface area contributed by atoms with Gasteiger partial charge in [0.15, 0.2) is 0 Å². The topological polar surface area (TPSA) is 86.7 Å². The van der Waals surface area contributed by atoms with E-state index in [1.165, 1.54) is 5.56 Å². The first-order valence-electron chi connectivity index (χ1n) is 8.46. The molecule has 7 heteroatoms. The van der Waals surface area contributed by atoms with Crippen LogP contribution in [0.15, 0.2) is 12.1 Å². The van der Waals surface area contributed by atoms with Gasteiger partial charge in [-0.05, 0) is 22.0 Å². The molecule has 1 rings (SSSR count). The van der Waals surface area contributed by atoms with E-state index in [0.717, 1.165) is 29.3 Å². The van der Waals surface area contributed by atoms with Crippen LogP contribution < -0.4 is 5.11 Å². The van der Waals surface area contributed by atoms with Crippen LogP contribution in [0.3, 0.4) is 0 Å². The van der Waals surface area contributed by atoms with Gasteiger partial charge in [0.05, 0.1) is 28.3 Å². The third-order valence-corrected chi connectivity index (χ3v) is 4.05. The molecule has 0 aliphatic heterocycles. The zero-order valence-electron chi connectivity index (χ0n) is 17.8. The van der Waals surface area contributed by atoms with E-state index in [1.807, 2.05) is 0 Å². The molecule has 0 aromatic heterocycles. The van der Waals surface area contributed by atoms with Crippen molar-refractivity contribution in [3.63, 3.8) is 0 Å². The van der Waals surface area contributed by atoms with E-state index in [2.05, 4.69) is 79.0 Å². The third-order valence-electron chi connectivity index (χ3n) is 3.63. The zero-order valence-corrected chi connectivity index (χ0v) is 18.6. The van der Waals surface area contributed by atoms with Crippen molar-refractivity contribution in [2.75, 3.05) is 28.3 Å². The molecule has 0 spiro atoms. The average molecular weight is 390 g/mol. The SMILES string of the molecule is CC(C)(C)c1cc(C[N+](C)(C)C)cc(C(C)(C)C)c1[O-].COS(=O)(=O)O. The highest BCUT2D eigenvalue weighted by Crippen LogP contribution is 2.38. The second-order valence-corrected chi connectivity index (χ2v) is 10.8. The van der Waals surface area contributed by atoms with Crippen molar-refractivity contribution in [2.45, 2.75) is 58.9 Å². The highest BCUT2D eigenvalue weighted by molar-refractivity contribution is 7.80. The maximum atomic E-state index is 12.8. The van der Waals surface area contributed by atoms with Crippen molar-refractivity contribution in [3.05, 3.63) is 28.8 Å². The molecule has 1 N–H and O–H groups in total. The van der Waals surface area contributed by atoms with E-state index < -0.39 is 10.4 Å². The number of hydrogen-bond donors (Lipinski definition) is 1. The Bertz CT molecular complexity index is 670. The first-order valence-corrected chi connectivity index (χ1v) is 9.83. The Morgan fingerprint density at radius 3 is 1.50 bits per heavy atom. The number of nitrogens with zero attached hydrogens (tertiary/aromatic N) is 1. The molecule has 1 aromatic carbocycles. The lowest BCUT2D eigenvalue weighted by Gasteiger charge is -2.35. The van der Waals surface area contributed by atoms with Gasteiger partial charge in [-0.2, -0.15) is 8.42 Å². The maximum Gasteiger partial charge on any atom is 0.397 e. The van der Waals surface area contributed by atoms with E-state index in [4.69, 9.17) is 4.55 Å². The molecule has 0 saturated carbocycles. The molecule has 1 aromatic rings. The van der Waals surface area contributed by atoms with Crippen LogP contribution in [-0.2, 0) is 32.0 Å². The maximum absolute atomic E-state index is 12.8. The average Bonchev–Trinajstić information content (AvgIpc) is 2.36. The third kappa shape index (κ3) is 8.98. The fourth-order valence-corrected chi connectivity index (χ4v) is 2.44. The Labute approximate surface area is 159 Å². The fourth-order valence-electron chi connectivity index (χ4n) is 2.44. The molecule has 0 bridgehead atoms. The molecule has 0 unspecified atom stereocenters. The summed E-state index contributed by atoms with van der Waals surface area (Å²) in [7, 11) is 3.25. The van der Waals surface area contributed by atoms with E-state index in [0.29, 0.717) is 0 Å². The Hall–Kier alpha value is -1.15. The lowest BCUT2D eigenvalue weighted by Crippen LogP contribution is -2.34. The first kappa shape index (κ1) is 24.8. The fraction of sp³-hybridized carbons (Fsp3) is 0.684. The highest BCUT2D eigenvalue weighted by atomic mass is 32.3. The number of benzene rings is 1. The van der Waals surface area contributed by atoms with Gasteiger partial charge in [-0.15, -0.1) is 5.75 Å². The summed E-state index contributed by atoms with van der Waals surface area (Å²) in [5.41, 5.74) is 2.91. The molecular weight excluding hydrogens is 354 g/mol. The Morgan fingerprint density at radius 1 is 1.00 bits per heavy atom. The zero-order chi connectivity index (χ0) is 21.1. The lowest BCUT2D eigenvalue weighted by molar-refractivity contribution is -0.884. The molecule has 0 heterocycles. The van der Waals surface area contributed by atoms with E-state index in [1.54, 1.807) is 0 Å². The molecule has 152 valence electrons. The summed E-state index contributed by atoms with van der Waals surface area (Å²) in [6, 6.07) is 4.22. The van der Waals surface area contributed by atoms with E-state index in [9.17, 15) is 13.5 Å². The number of rotatable bonds is 3. The van der Waals surface area contributed by atoms with E-state index in [-0.39, 0.29) is 16.6 Å². The van der Waals surface area contributed by atoms with Crippen molar-refractivity contribution >= 4 is 10.4 Å². The Balaban J connectivity index is 0.000000896. The molecular formula is C19H35NO5S. The first-order chi connectivity index (χ1) is 11.3. The van der Waals surface area contributed by atoms with Crippen LogP contribution in [0.4, 0.5) is 0 Å². The van der Waals surface area contributed by atoms with Gasteiger partial charge in [0, 0.05) is 5.56 Å². The van der Waals surface area contributed by atoms with Crippen molar-refractivity contribution in [2.24, 2.45) is 0 Å². The summed E-state index contributed by atoms with van der Waals surface area (Å²) in [6.45, 7) is 13.6. The Kier molecular flexibility index (Phi) is 7.89. The van der Waals surface area contributed by atoms with Crippen molar-refractivity contribution in [3.8, 4) is 5.75 Å². The van der Waals surface area contributed by atoms with E-state index >= 15 is 0 Å². The van der Waals surface area contributed by atoms with Gasteiger partial charge < -0.3 is 9.59 Å². The second-order valence-electron chi connectivity index (χ2n) is 9.56. The van der Waals surface area contributed by atoms with Crippen LogP contribution in [0, 0.1) is 0 Å². The number of quaternary nitrogens is 1. The molecule has 6 nitrogen and oxygen atoms in total. The minimum Gasteiger partial charge on any atom is -0.872 e. The summed E-state index contributed by atoms with van der Waals surface area (Å²) in [5.74, 6) is 0.218. The summed E-state index contributed by atoms with van der Waals surface area (Å²) in [4.78, 5) is 0. The molecule has 0 radical (unpaired) electrons. The van der Waals surface area contributed by atoms with Gasteiger partial charge in [0.25, 0.3) is 0 Å². The van der Waals surface area contributed by atoms with Gasteiger partial charge in [-0.3, -0.25) is 8.74 Å². The summed E-state index contributed by atoms with van der Waals surface area (Å²) < 4.78 is 30.6. The van der Waals surface area contributed by atoms with Crippen LogP contribution in [-0.4, -0.2) is 45.7 Å². The van der Waals surface area contributed by atoms with Crippen molar-refractivity contribution < 1.29 is 26.7 Å². The van der Waals surface area contributed by atoms with Gasteiger partial charge >= 0.3 is 10.4 Å². The van der Waals surface area contributed by atoms with Crippen LogP contribution in [0.2, 0.25) is 0 Å². The molecule has 0 aliphatic carbocycles. The van der Waals surface area contributed by atoms with Crippen LogP contribution in [0.25, 0.3) is 0 Å². The molecule has 0 amide bonds. The van der Waals surface area contributed by atoms with Crippen LogP contribution in [0.5, 0.6) is 5.75 Å². The molecule has 0 saturated heterocycles. The minimum absolute atomic E-state index is 0.113. The van der Waals surface area contributed by atoms with Crippen molar-refractivity contribution in [1.29, 1.82) is 0 Å². The summed E-state index contributed by atoms with van der Waals surface area (Å²) in [6.07, 6.45) is 0. The lowest BCUT2D eigenvalue weighted by atomic mass is 9.78. The normalized spacial score (nSPS) is 13.2. The second kappa shape index (κ2) is 8.25. The molecule has 26 heavy (non-hydrogen) atoms. The monoisotopic (exact) mass is 389 g/mol. The van der Waals surface area contributed by atoms with Crippen LogP contribution in [0.1, 0.15) is 58.2 Å². The van der Waals surface area contributed by atoms with Gasteiger partial charge in [0.2, 0.25) is 0 Å². The Morgan fingerprint density at radius 2 is 1.31 bits per heavy atom. The summed E-state index contributed by atoms with van der Waals surface area (Å²) in [5, 5.41) is 12.8. The number of hydrogen-bond acceptors (Lipinski definition) is 4. The smallest absolute Gasteiger partial charge is 0.397 e. The largest absolute Gasteiger partial charge is 0.872 e. The standard InChI is InChI=1S/C18H31NO.CH4O4S/c1-17(2,3)14-10-13(12-19(7,8)9)11-15(16(14)20)18(4,5)6;1-5-6(2,3)4/h10-11H,12H2,1-9H3;1H3,(H,2,3,4). The van der Waals surface area contributed by atoms with Crippen LogP contribution >= 0.6 is 0 Å². The van der Waals surface area contributed by atoms with Gasteiger partial charge in [-0.25, -0.2) is 0 Å². The molecule has 0 aliphatic rings. The minimum atomic E-state index is -4.16. The quantitative estimate of drug-likeness (QED) is 0.634. The summed E-state index contributed by atoms with van der Waals surface area (Å²) >= 11 is 0.